The molecule has 1 aromatic carbocycles. The summed E-state index contributed by atoms with van der Waals surface area (Å²) >= 11 is 0. The van der Waals surface area contributed by atoms with Crippen LogP contribution in [0.15, 0.2) is 27.8 Å². The molecule has 1 aromatic heterocycles. The second-order valence-electron chi connectivity index (χ2n) is 4.40. The lowest BCUT2D eigenvalue weighted by Gasteiger charge is -2.08. The van der Waals surface area contributed by atoms with E-state index in [9.17, 15) is 14.4 Å². The van der Waals surface area contributed by atoms with Gasteiger partial charge in [-0.2, -0.15) is 0 Å². The number of benzene rings is 1. The minimum absolute atomic E-state index is 0.0198. The van der Waals surface area contributed by atoms with Crippen LogP contribution in [-0.2, 0) is 0 Å². The average molecular weight is 246 g/mol. The monoisotopic (exact) mass is 246 g/mol. The van der Waals surface area contributed by atoms with Crippen molar-refractivity contribution in [1.29, 1.82) is 0 Å². The molecule has 1 aliphatic rings. The molecule has 0 spiro atoms. The van der Waals surface area contributed by atoms with Crippen LogP contribution in [-0.4, -0.2) is 20.6 Å². The Balaban J connectivity index is 2.42. The Bertz CT molecular complexity index is 768. The summed E-state index contributed by atoms with van der Waals surface area (Å²) in [5.41, 5.74) is -0.230. The molecule has 2 aromatic rings. The van der Waals surface area contributed by atoms with Crippen molar-refractivity contribution in [1.82, 2.24) is 9.55 Å². The van der Waals surface area contributed by atoms with E-state index in [1.165, 1.54) is 22.8 Å². The van der Waals surface area contributed by atoms with Gasteiger partial charge in [0.25, 0.3) is 0 Å². The van der Waals surface area contributed by atoms with E-state index in [4.69, 9.17) is 5.11 Å². The van der Waals surface area contributed by atoms with Crippen LogP contribution in [0.25, 0.3) is 11.0 Å². The second kappa shape index (κ2) is 3.56. The average Bonchev–Trinajstić information content (AvgIpc) is 3.14. The van der Waals surface area contributed by atoms with Gasteiger partial charge >= 0.3 is 17.1 Å². The third-order valence-electron chi connectivity index (χ3n) is 3.08. The van der Waals surface area contributed by atoms with Crippen LogP contribution in [0, 0.1) is 0 Å². The number of H-pyrrole nitrogens is 1. The van der Waals surface area contributed by atoms with Crippen molar-refractivity contribution in [2.24, 2.45) is 0 Å². The molecule has 0 unspecified atom stereocenters. The number of nitrogens with zero attached hydrogens (tertiary/aromatic N) is 1. The van der Waals surface area contributed by atoms with Crippen molar-refractivity contribution < 1.29 is 9.90 Å². The molecule has 0 radical (unpaired) electrons. The van der Waals surface area contributed by atoms with E-state index < -0.39 is 17.1 Å². The van der Waals surface area contributed by atoms with Gasteiger partial charge in [0.15, 0.2) is 0 Å². The van der Waals surface area contributed by atoms with Crippen LogP contribution in [0.5, 0.6) is 0 Å². The topological polar surface area (TPSA) is 92.2 Å². The molecule has 0 saturated heterocycles. The molecule has 2 N–H and O–H groups in total. The van der Waals surface area contributed by atoms with E-state index >= 15 is 0 Å². The maximum Gasteiger partial charge on any atom is 0.335 e. The zero-order chi connectivity index (χ0) is 12.9. The molecule has 0 amide bonds. The third-order valence-corrected chi connectivity index (χ3v) is 3.08. The fourth-order valence-electron chi connectivity index (χ4n) is 2.06. The van der Waals surface area contributed by atoms with Gasteiger partial charge in [-0.3, -0.25) is 14.2 Å². The number of aromatic nitrogens is 2. The number of carboxylic acids is 1. The van der Waals surface area contributed by atoms with Crippen molar-refractivity contribution in [2.45, 2.75) is 18.9 Å². The molecule has 0 bridgehead atoms. The van der Waals surface area contributed by atoms with E-state index in [0.29, 0.717) is 11.0 Å². The minimum atomic E-state index is -1.06. The van der Waals surface area contributed by atoms with E-state index in [-0.39, 0.29) is 11.6 Å². The lowest BCUT2D eigenvalue weighted by atomic mass is 10.2. The molecule has 0 aliphatic heterocycles. The van der Waals surface area contributed by atoms with Crippen molar-refractivity contribution in [2.75, 3.05) is 0 Å². The molecule has 1 saturated carbocycles. The van der Waals surface area contributed by atoms with E-state index in [0.717, 1.165) is 12.8 Å². The van der Waals surface area contributed by atoms with E-state index in [1.807, 2.05) is 0 Å². The summed E-state index contributed by atoms with van der Waals surface area (Å²) in [5.74, 6) is -1.06. The van der Waals surface area contributed by atoms with Gasteiger partial charge in [0, 0.05) is 6.04 Å². The van der Waals surface area contributed by atoms with Gasteiger partial charge < -0.3 is 10.1 Å². The smallest absolute Gasteiger partial charge is 0.335 e. The highest BCUT2D eigenvalue weighted by Crippen LogP contribution is 2.35. The number of carbonyl (C=O) groups is 1. The van der Waals surface area contributed by atoms with Gasteiger partial charge in [0.1, 0.15) is 0 Å². The second-order valence-corrected chi connectivity index (χ2v) is 4.40. The SMILES string of the molecule is O=C(O)c1ccc2[nH]c(=O)c(=O)n(C3CC3)c2c1. The fraction of sp³-hybridized carbons (Fsp3) is 0.250. The van der Waals surface area contributed by atoms with Crippen molar-refractivity contribution >= 4 is 17.0 Å². The third kappa shape index (κ3) is 1.54. The Hall–Kier alpha value is -2.37. The predicted octanol–water partition coefficient (Wildman–Crippen LogP) is 0.723. The number of aromatic carboxylic acids is 1. The highest BCUT2D eigenvalue weighted by molar-refractivity contribution is 5.92. The van der Waals surface area contributed by atoms with Crippen LogP contribution in [0.4, 0.5) is 0 Å². The maximum atomic E-state index is 11.8. The molecular formula is C12H10N2O4. The number of aromatic amines is 1. The maximum absolute atomic E-state index is 11.8. The first-order valence-electron chi connectivity index (χ1n) is 5.60. The highest BCUT2D eigenvalue weighted by Gasteiger charge is 2.27. The van der Waals surface area contributed by atoms with Crippen LogP contribution in [0.2, 0.25) is 0 Å². The molecule has 3 rings (SSSR count). The first-order chi connectivity index (χ1) is 8.58. The predicted molar refractivity (Wildman–Crippen MR) is 64.1 cm³/mol. The van der Waals surface area contributed by atoms with Crippen LogP contribution >= 0.6 is 0 Å². The zero-order valence-electron chi connectivity index (χ0n) is 9.34. The summed E-state index contributed by atoms with van der Waals surface area (Å²) in [7, 11) is 0. The zero-order valence-corrected chi connectivity index (χ0v) is 9.34. The summed E-state index contributed by atoms with van der Waals surface area (Å²) < 4.78 is 1.40. The molecule has 18 heavy (non-hydrogen) atoms. The summed E-state index contributed by atoms with van der Waals surface area (Å²) in [6, 6.07) is 4.36. The van der Waals surface area contributed by atoms with Gasteiger partial charge in [-0.25, -0.2) is 4.79 Å². The summed E-state index contributed by atoms with van der Waals surface area (Å²) in [6.45, 7) is 0. The van der Waals surface area contributed by atoms with Crippen LogP contribution < -0.4 is 11.1 Å². The van der Waals surface area contributed by atoms with E-state index in [2.05, 4.69) is 4.98 Å². The molecule has 1 fully saturated rings. The Morgan fingerprint density at radius 2 is 2.06 bits per heavy atom. The fourth-order valence-corrected chi connectivity index (χ4v) is 2.06. The van der Waals surface area contributed by atoms with Gasteiger partial charge in [0.2, 0.25) is 0 Å². The number of carboxylic acid groups (broad SMARTS) is 1. The van der Waals surface area contributed by atoms with Crippen LogP contribution in [0.1, 0.15) is 29.2 Å². The van der Waals surface area contributed by atoms with Crippen LogP contribution in [0.3, 0.4) is 0 Å². The lowest BCUT2D eigenvalue weighted by Crippen LogP contribution is -2.36. The molecule has 0 atom stereocenters. The Morgan fingerprint density at radius 1 is 1.33 bits per heavy atom. The van der Waals surface area contributed by atoms with Gasteiger partial charge in [0.05, 0.1) is 16.6 Å². The highest BCUT2D eigenvalue weighted by atomic mass is 16.4. The lowest BCUT2D eigenvalue weighted by molar-refractivity contribution is 0.0697. The summed E-state index contributed by atoms with van der Waals surface area (Å²) in [6.07, 6.45) is 1.69. The molecule has 1 heterocycles. The van der Waals surface area contributed by atoms with Crippen molar-refractivity contribution in [3.63, 3.8) is 0 Å². The number of fused-ring (bicyclic) bond motifs is 1. The van der Waals surface area contributed by atoms with Gasteiger partial charge in [-0.05, 0) is 31.0 Å². The standard InChI is InChI=1S/C12H10N2O4/c15-10-11(16)14(7-2-3-7)9-5-6(12(17)18)1-4-8(9)13-10/h1,4-5,7H,2-3H2,(H,13,15)(H,17,18). The van der Waals surface area contributed by atoms with Crippen molar-refractivity contribution in [3.8, 4) is 0 Å². The largest absolute Gasteiger partial charge is 0.478 e. The van der Waals surface area contributed by atoms with Gasteiger partial charge in [-0.15, -0.1) is 0 Å². The first kappa shape index (κ1) is 10.8. The quantitative estimate of drug-likeness (QED) is 0.764. The summed E-state index contributed by atoms with van der Waals surface area (Å²) in [5, 5.41) is 8.95. The van der Waals surface area contributed by atoms with E-state index in [1.54, 1.807) is 0 Å². The molecule has 6 heteroatoms. The van der Waals surface area contributed by atoms with Crippen molar-refractivity contribution in [3.05, 3.63) is 44.5 Å². The minimum Gasteiger partial charge on any atom is -0.478 e. The summed E-state index contributed by atoms with van der Waals surface area (Å²) in [4.78, 5) is 36.7. The molecular weight excluding hydrogens is 236 g/mol. The Labute approximate surface area is 100 Å². The number of rotatable bonds is 2. The van der Waals surface area contributed by atoms with Gasteiger partial charge in [-0.1, -0.05) is 0 Å². The molecule has 6 nitrogen and oxygen atoms in total. The Kier molecular flexibility index (Phi) is 2.13. The number of hydrogen-bond donors (Lipinski definition) is 2. The molecule has 92 valence electrons. The number of nitrogens with one attached hydrogen (secondary N) is 1. The molecule has 1 aliphatic carbocycles. The number of hydrogen-bond acceptors (Lipinski definition) is 3. The normalized spacial score (nSPS) is 14.9. The first-order valence-corrected chi connectivity index (χ1v) is 5.60. The Morgan fingerprint density at radius 3 is 2.67 bits per heavy atom.